The number of allylic oxidation sites excluding steroid dienone is 2. The number of carbonyl (C=O) groups is 2. The molecule has 0 unspecified atom stereocenters. The smallest absolute Gasteiger partial charge is 0.230 e. The molecule has 3 aliphatic rings. The fraction of sp³-hybridized carbons (Fsp3) is 0.706. The Hall–Kier alpha value is -1.61. The van der Waals surface area contributed by atoms with Crippen LogP contribution in [0.15, 0.2) is 35.1 Å². The van der Waals surface area contributed by atoms with Gasteiger partial charge in [-0.25, -0.2) is 0 Å². The van der Waals surface area contributed by atoms with E-state index >= 15 is 0 Å². The molecule has 4 heteroatoms. The minimum Gasteiger partial charge on any atom is -0.480 e. The van der Waals surface area contributed by atoms with E-state index in [4.69, 9.17) is 16.3 Å². The van der Waals surface area contributed by atoms with Gasteiger partial charge in [-0.2, -0.15) is 0 Å². The van der Waals surface area contributed by atoms with Gasteiger partial charge in [0.2, 0.25) is 11.6 Å². The average Bonchev–Trinajstić information content (AvgIpc) is 2.89. The fourth-order valence-electron chi connectivity index (χ4n) is 8.26. The van der Waals surface area contributed by atoms with Crippen LogP contribution in [0.4, 0.5) is 0 Å². The van der Waals surface area contributed by atoms with Crippen LogP contribution >= 0.6 is 11.6 Å². The highest BCUT2D eigenvalue weighted by molar-refractivity contribution is 6.49. The van der Waals surface area contributed by atoms with Crippen molar-refractivity contribution in [3.8, 4) is 0 Å². The Bertz CT molecular complexity index is 1030. The first kappa shape index (κ1) is 29.4. The third kappa shape index (κ3) is 4.91. The number of ketones is 2. The molecule has 3 nitrogen and oxygen atoms in total. The molecule has 0 atom stereocenters. The zero-order valence-corrected chi connectivity index (χ0v) is 25.5. The van der Waals surface area contributed by atoms with Crippen LogP contribution in [0, 0.1) is 34.5 Å². The standard InChI is InChI=1S/C34H49ClO3/c1-8-17-34(32(6)18-13-24(14-19-32)22(2)3,33(7)20-15-25(16-21-33)23(4)5)38-31-28(35)29(36)26-11-9-10-12-27(26)30(31)37/h9-12,22-25H,8,13-21H2,1-7H3. The number of rotatable bonds is 8. The Morgan fingerprint density at radius 3 is 1.66 bits per heavy atom. The van der Waals surface area contributed by atoms with Crippen LogP contribution < -0.4 is 0 Å². The van der Waals surface area contributed by atoms with Gasteiger partial charge in [0, 0.05) is 22.0 Å². The van der Waals surface area contributed by atoms with Crippen molar-refractivity contribution in [2.75, 3.05) is 0 Å². The minimum atomic E-state index is -0.573. The summed E-state index contributed by atoms with van der Waals surface area (Å²) in [6, 6.07) is 7.01. The Morgan fingerprint density at radius 2 is 1.26 bits per heavy atom. The molecule has 2 saturated carbocycles. The molecule has 0 bridgehead atoms. The second-order valence-corrected chi connectivity index (χ2v) is 14.2. The van der Waals surface area contributed by atoms with E-state index < -0.39 is 5.60 Å². The first-order valence-electron chi connectivity index (χ1n) is 15.2. The van der Waals surface area contributed by atoms with Crippen molar-refractivity contribution in [1.29, 1.82) is 0 Å². The molecule has 2 fully saturated rings. The molecule has 0 aliphatic heterocycles. The van der Waals surface area contributed by atoms with Gasteiger partial charge in [0.25, 0.3) is 0 Å². The Labute approximate surface area is 236 Å². The normalized spacial score (nSPS) is 31.9. The molecule has 1 aromatic rings. The summed E-state index contributed by atoms with van der Waals surface area (Å²) in [4.78, 5) is 27.2. The quantitative estimate of drug-likeness (QED) is 0.329. The molecule has 0 spiro atoms. The van der Waals surface area contributed by atoms with Gasteiger partial charge in [0.15, 0.2) is 5.76 Å². The highest BCUT2D eigenvalue weighted by Gasteiger charge is 2.62. The van der Waals surface area contributed by atoms with Gasteiger partial charge in [-0.3, -0.25) is 9.59 Å². The molecule has 0 radical (unpaired) electrons. The lowest BCUT2D eigenvalue weighted by Crippen LogP contribution is -2.61. The molecular weight excluding hydrogens is 492 g/mol. The number of halogens is 1. The molecule has 0 aromatic heterocycles. The summed E-state index contributed by atoms with van der Waals surface area (Å²) in [5.74, 6) is 2.32. The van der Waals surface area contributed by atoms with E-state index in [1.165, 1.54) is 25.7 Å². The summed E-state index contributed by atoms with van der Waals surface area (Å²) < 4.78 is 7.23. The van der Waals surface area contributed by atoms with Gasteiger partial charge in [0.1, 0.15) is 10.6 Å². The van der Waals surface area contributed by atoms with Crippen molar-refractivity contribution in [1.82, 2.24) is 0 Å². The van der Waals surface area contributed by atoms with Crippen molar-refractivity contribution in [3.05, 3.63) is 46.2 Å². The molecule has 4 rings (SSSR count). The topological polar surface area (TPSA) is 43.4 Å². The van der Waals surface area contributed by atoms with E-state index in [2.05, 4.69) is 48.5 Å². The summed E-state index contributed by atoms with van der Waals surface area (Å²) in [5.41, 5.74) is -0.0136. The Balaban J connectivity index is 1.82. The summed E-state index contributed by atoms with van der Waals surface area (Å²) >= 11 is 6.74. The van der Waals surface area contributed by atoms with Crippen LogP contribution in [0.1, 0.15) is 133 Å². The maximum absolute atomic E-state index is 13.9. The molecule has 0 amide bonds. The van der Waals surface area contributed by atoms with Crippen LogP contribution in [0.2, 0.25) is 0 Å². The van der Waals surface area contributed by atoms with Crippen molar-refractivity contribution >= 4 is 23.2 Å². The number of carbonyl (C=O) groups excluding carboxylic acids is 2. The molecule has 0 saturated heterocycles. The highest BCUT2D eigenvalue weighted by atomic mass is 35.5. The summed E-state index contributed by atoms with van der Waals surface area (Å²) in [5, 5.41) is -0.0480. The number of Topliss-reactive ketones (excluding diaryl/α,β-unsaturated/α-hetero) is 2. The molecule has 0 heterocycles. The first-order chi connectivity index (χ1) is 17.9. The van der Waals surface area contributed by atoms with Crippen LogP contribution in [-0.4, -0.2) is 17.2 Å². The molecule has 0 N–H and O–H groups in total. The second kappa shape index (κ2) is 11.1. The fourth-order valence-corrected chi connectivity index (χ4v) is 8.49. The maximum Gasteiger partial charge on any atom is 0.230 e. The number of hydrogen-bond acceptors (Lipinski definition) is 3. The molecule has 1 aromatic carbocycles. The lowest BCUT2D eigenvalue weighted by atomic mass is 9.48. The summed E-state index contributed by atoms with van der Waals surface area (Å²) in [6.45, 7) is 16.4. The zero-order chi connectivity index (χ0) is 27.9. The Kier molecular flexibility index (Phi) is 8.58. The minimum absolute atomic E-state index is 0.0480. The molecule has 38 heavy (non-hydrogen) atoms. The zero-order valence-electron chi connectivity index (χ0n) is 24.8. The molecular formula is C34H49ClO3. The monoisotopic (exact) mass is 540 g/mol. The molecule has 210 valence electrons. The predicted molar refractivity (Wildman–Crippen MR) is 157 cm³/mol. The van der Waals surface area contributed by atoms with E-state index in [1.807, 2.05) is 6.07 Å². The van der Waals surface area contributed by atoms with Gasteiger partial charge in [0.05, 0.1) is 0 Å². The molecule has 3 aliphatic carbocycles. The van der Waals surface area contributed by atoms with E-state index in [1.54, 1.807) is 18.2 Å². The third-order valence-electron chi connectivity index (χ3n) is 11.0. The van der Waals surface area contributed by atoms with Crippen molar-refractivity contribution < 1.29 is 14.3 Å². The van der Waals surface area contributed by atoms with Gasteiger partial charge in [-0.05, 0) is 81.5 Å². The van der Waals surface area contributed by atoms with Crippen LogP contribution in [0.5, 0.6) is 0 Å². The van der Waals surface area contributed by atoms with Crippen LogP contribution in [-0.2, 0) is 4.74 Å². The van der Waals surface area contributed by atoms with Crippen molar-refractivity contribution in [3.63, 3.8) is 0 Å². The van der Waals surface area contributed by atoms with E-state index in [9.17, 15) is 9.59 Å². The highest BCUT2D eigenvalue weighted by Crippen LogP contribution is 2.63. The van der Waals surface area contributed by atoms with Gasteiger partial charge < -0.3 is 4.74 Å². The number of benzene rings is 1. The van der Waals surface area contributed by atoms with Crippen LogP contribution in [0.25, 0.3) is 0 Å². The van der Waals surface area contributed by atoms with Gasteiger partial charge in [-0.1, -0.05) is 90.8 Å². The summed E-state index contributed by atoms with van der Waals surface area (Å²) in [7, 11) is 0. The van der Waals surface area contributed by atoms with Crippen molar-refractivity contribution in [2.24, 2.45) is 34.5 Å². The van der Waals surface area contributed by atoms with Crippen LogP contribution in [0.3, 0.4) is 0 Å². The van der Waals surface area contributed by atoms with E-state index in [0.717, 1.165) is 50.4 Å². The number of fused-ring (bicyclic) bond motifs is 1. The van der Waals surface area contributed by atoms with E-state index in [0.29, 0.717) is 23.0 Å². The number of ether oxygens (including phenoxy) is 1. The lowest BCUT2D eigenvalue weighted by molar-refractivity contribution is -0.207. The summed E-state index contributed by atoms with van der Waals surface area (Å²) in [6.07, 6.45) is 10.8. The van der Waals surface area contributed by atoms with Gasteiger partial charge >= 0.3 is 0 Å². The third-order valence-corrected chi connectivity index (χ3v) is 11.3. The largest absolute Gasteiger partial charge is 0.480 e. The SMILES string of the molecule is CCCC(OC1=C(Cl)C(=O)c2ccccc2C1=O)(C1(C)CCC(C(C)C)CC1)C1(C)CCC(C(C)C)CC1. The Morgan fingerprint density at radius 1 is 0.842 bits per heavy atom. The van der Waals surface area contributed by atoms with Gasteiger partial charge in [-0.15, -0.1) is 0 Å². The predicted octanol–water partition coefficient (Wildman–Crippen LogP) is 9.78. The average molecular weight is 541 g/mol. The number of hydrogen-bond donors (Lipinski definition) is 0. The first-order valence-corrected chi connectivity index (χ1v) is 15.5. The maximum atomic E-state index is 13.9. The van der Waals surface area contributed by atoms with Crippen molar-refractivity contribution in [2.45, 2.75) is 118 Å². The second-order valence-electron chi connectivity index (χ2n) is 13.8. The van der Waals surface area contributed by atoms with E-state index in [-0.39, 0.29) is 33.2 Å². The lowest BCUT2D eigenvalue weighted by Gasteiger charge is -2.62.